The van der Waals surface area contributed by atoms with Crippen molar-refractivity contribution < 1.29 is 13.9 Å². The van der Waals surface area contributed by atoms with Crippen molar-refractivity contribution in [3.05, 3.63) is 35.6 Å². The van der Waals surface area contributed by atoms with Crippen molar-refractivity contribution in [2.45, 2.75) is 38.8 Å². The molecule has 1 saturated heterocycles. The van der Waals surface area contributed by atoms with Crippen LogP contribution >= 0.6 is 0 Å². The fourth-order valence-electron chi connectivity index (χ4n) is 2.76. The van der Waals surface area contributed by atoms with Gasteiger partial charge in [-0.3, -0.25) is 10.1 Å². The first kappa shape index (κ1) is 16.9. The number of nitrogens with one attached hydrogen (secondary N) is 1. The Morgan fingerprint density at radius 3 is 2.41 bits per heavy atom. The number of halogens is 1. The first-order valence-electron chi connectivity index (χ1n) is 8.03. The summed E-state index contributed by atoms with van der Waals surface area (Å²) in [4.78, 5) is 14.5. The first-order chi connectivity index (χ1) is 10.7. The predicted octanol–water partition coefficient (Wildman–Crippen LogP) is 2.50. The van der Waals surface area contributed by atoms with E-state index < -0.39 is 0 Å². The predicted molar refractivity (Wildman–Crippen MR) is 84.0 cm³/mol. The highest BCUT2D eigenvalue weighted by atomic mass is 19.1. The molecule has 1 aliphatic rings. The van der Waals surface area contributed by atoms with Crippen LogP contribution in [0.3, 0.4) is 0 Å². The molecule has 0 bridgehead atoms. The molecule has 2 rings (SSSR count). The van der Waals surface area contributed by atoms with E-state index in [0.29, 0.717) is 26.3 Å². The third-order valence-electron chi connectivity index (χ3n) is 4.11. The van der Waals surface area contributed by atoms with Gasteiger partial charge in [-0.05, 0) is 30.5 Å². The molecule has 122 valence electrons. The van der Waals surface area contributed by atoms with Crippen LogP contribution in [-0.2, 0) is 9.53 Å². The molecule has 2 atom stereocenters. The Balaban J connectivity index is 2.03. The summed E-state index contributed by atoms with van der Waals surface area (Å²) in [5.41, 5.74) is 1.01. The van der Waals surface area contributed by atoms with E-state index >= 15 is 0 Å². The second kappa shape index (κ2) is 8.25. The third kappa shape index (κ3) is 4.27. The summed E-state index contributed by atoms with van der Waals surface area (Å²) in [5, 5.41) is 3.43. The van der Waals surface area contributed by atoms with E-state index in [-0.39, 0.29) is 23.8 Å². The van der Waals surface area contributed by atoms with E-state index in [2.05, 4.69) is 12.2 Å². The molecule has 4 nitrogen and oxygen atoms in total. The molecule has 0 saturated carbocycles. The molecule has 1 heterocycles. The van der Waals surface area contributed by atoms with Gasteiger partial charge in [0.05, 0.1) is 19.3 Å². The topological polar surface area (TPSA) is 41.6 Å². The van der Waals surface area contributed by atoms with Crippen LogP contribution in [0, 0.1) is 5.82 Å². The number of rotatable bonds is 6. The fraction of sp³-hybridized carbons (Fsp3) is 0.588. The second-order valence-electron chi connectivity index (χ2n) is 5.58. The van der Waals surface area contributed by atoms with Crippen molar-refractivity contribution in [1.29, 1.82) is 0 Å². The normalized spacial score (nSPS) is 18.0. The Kier molecular flexibility index (Phi) is 6.34. The fourth-order valence-corrected chi connectivity index (χ4v) is 2.76. The van der Waals surface area contributed by atoms with Crippen molar-refractivity contribution in [3.63, 3.8) is 0 Å². The van der Waals surface area contributed by atoms with E-state index in [1.165, 1.54) is 12.1 Å². The molecule has 1 aliphatic heterocycles. The van der Waals surface area contributed by atoms with Crippen LogP contribution in [0.4, 0.5) is 4.39 Å². The van der Waals surface area contributed by atoms with E-state index in [9.17, 15) is 9.18 Å². The van der Waals surface area contributed by atoms with Crippen molar-refractivity contribution in [3.8, 4) is 0 Å². The number of hydrogen-bond donors (Lipinski definition) is 1. The summed E-state index contributed by atoms with van der Waals surface area (Å²) in [6, 6.07) is 6.32. The molecule has 0 spiro atoms. The molecule has 1 fully saturated rings. The van der Waals surface area contributed by atoms with Crippen LogP contribution in [0.25, 0.3) is 0 Å². The van der Waals surface area contributed by atoms with Crippen LogP contribution in [0.1, 0.15) is 38.3 Å². The number of carbonyl (C=O) groups excluding carboxylic acids is 1. The third-order valence-corrected chi connectivity index (χ3v) is 4.11. The summed E-state index contributed by atoms with van der Waals surface area (Å²) in [5.74, 6) is -0.110. The molecule has 1 N–H and O–H groups in total. The molecule has 0 radical (unpaired) electrons. The minimum absolute atomic E-state index is 0.0514. The highest BCUT2D eigenvalue weighted by Crippen LogP contribution is 2.19. The molecular formula is C17H25FN2O2. The number of carbonyl (C=O) groups is 1. The Labute approximate surface area is 131 Å². The molecule has 0 aromatic heterocycles. The lowest BCUT2D eigenvalue weighted by Gasteiger charge is -2.32. The van der Waals surface area contributed by atoms with Crippen LogP contribution in [0.2, 0.25) is 0 Å². The van der Waals surface area contributed by atoms with Crippen LogP contribution in [-0.4, -0.2) is 43.2 Å². The van der Waals surface area contributed by atoms with Gasteiger partial charge < -0.3 is 9.64 Å². The zero-order chi connectivity index (χ0) is 15.9. The van der Waals surface area contributed by atoms with Gasteiger partial charge in [0.25, 0.3) is 0 Å². The smallest absolute Gasteiger partial charge is 0.239 e. The lowest BCUT2D eigenvalue weighted by molar-refractivity contribution is -0.137. The van der Waals surface area contributed by atoms with E-state index in [4.69, 9.17) is 4.74 Å². The molecule has 1 aromatic carbocycles. The van der Waals surface area contributed by atoms with Gasteiger partial charge >= 0.3 is 0 Å². The molecule has 1 aromatic rings. The molecular weight excluding hydrogens is 283 g/mol. The van der Waals surface area contributed by atoms with Crippen LogP contribution in [0.15, 0.2) is 24.3 Å². The summed E-state index contributed by atoms with van der Waals surface area (Å²) < 4.78 is 18.4. The van der Waals surface area contributed by atoms with E-state index in [0.717, 1.165) is 18.4 Å². The number of nitrogens with zero attached hydrogens (tertiary/aromatic N) is 1. The summed E-state index contributed by atoms with van der Waals surface area (Å²) in [7, 11) is 0. The summed E-state index contributed by atoms with van der Waals surface area (Å²) >= 11 is 0. The number of ether oxygens (including phenoxy) is 1. The Hall–Kier alpha value is -1.46. The van der Waals surface area contributed by atoms with Gasteiger partial charge in [0.15, 0.2) is 0 Å². The lowest BCUT2D eigenvalue weighted by Crippen LogP contribution is -2.50. The Morgan fingerprint density at radius 1 is 1.23 bits per heavy atom. The van der Waals surface area contributed by atoms with Gasteiger partial charge in [-0.1, -0.05) is 26.0 Å². The van der Waals surface area contributed by atoms with Crippen molar-refractivity contribution in [1.82, 2.24) is 10.2 Å². The Morgan fingerprint density at radius 2 is 1.86 bits per heavy atom. The quantitative estimate of drug-likeness (QED) is 0.878. The molecule has 5 heteroatoms. The molecule has 1 amide bonds. The molecule has 0 unspecified atom stereocenters. The average Bonchev–Trinajstić information content (AvgIpc) is 2.57. The number of hydrogen-bond acceptors (Lipinski definition) is 3. The minimum Gasteiger partial charge on any atom is -0.378 e. The lowest BCUT2D eigenvalue weighted by atomic mass is 10.0. The summed E-state index contributed by atoms with van der Waals surface area (Å²) in [6.45, 7) is 6.60. The highest BCUT2D eigenvalue weighted by molar-refractivity contribution is 5.82. The van der Waals surface area contributed by atoms with Crippen molar-refractivity contribution >= 4 is 5.91 Å². The average molecular weight is 308 g/mol. The number of amides is 1. The SMILES string of the molecule is CC[C@H](N[C@H](CC)c1ccc(F)cc1)C(=O)N1CCOCC1. The van der Waals surface area contributed by atoms with Crippen molar-refractivity contribution in [2.24, 2.45) is 0 Å². The maximum atomic E-state index is 13.1. The zero-order valence-electron chi connectivity index (χ0n) is 13.3. The van der Waals surface area contributed by atoms with Crippen LogP contribution < -0.4 is 5.32 Å². The highest BCUT2D eigenvalue weighted by Gasteiger charge is 2.26. The van der Waals surface area contributed by atoms with Gasteiger partial charge in [0.2, 0.25) is 5.91 Å². The summed E-state index contributed by atoms with van der Waals surface area (Å²) in [6.07, 6.45) is 1.58. The van der Waals surface area contributed by atoms with Gasteiger partial charge in [-0.15, -0.1) is 0 Å². The zero-order valence-corrected chi connectivity index (χ0v) is 13.3. The minimum atomic E-state index is -0.241. The molecule has 22 heavy (non-hydrogen) atoms. The first-order valence-corrected chi connectivity index (χ1v) is 8.03. The standard InChI is InChI=1S/C17H25FN2O2/c1-3-15(13-5-7-14(18)8-6-13)19-16(4-2)17(21)20-9-11-22-12-10-20/h5-8,15-16,19H,3-4,9-12H2,1-2H3/t15-,16+/m1/s1. The molecule has 0 aliphatic carbocycles. The van der Waals surface area contributed by atoms with Crippen molar-refractivity contribution in [2.75, 3.05) is 26.3 Å². The maximum absolute atomic E-state index is 13.1. The van der Waals surface area contributed by atoms with Gasteiger partial charge in [-0.2, -0.15) is 0 Å². The maximum Gasteiger partial charge on any atom is 0.239 e. The number of benzene rings is 1. The second-order valence-corrected chi connectivity index (χ2v) is 5.58. The number of morpholine rings is 1. The monoisotopic (exact) mass is 308 g/mol. The van der Waals surface area contributed by atoms with Crippen LogP contribution in [0.5, 0.6) is 0 Å². The van der Waals surface area contributed by atoms with E-state index in [1.54, 1.807) is 12.1 Å². The largest absolute Gasteiger partial charge is 0.378 e. The Bertz CT molecular complexity index is 472. The van der Waals surface area contributed by atoms with E-state index in [1.807, 2.05) is 11.8 Å². The van der Waals surface area contributed by atoms with Gasteiger partial charge in [-0.25, -0.2) is 4.39 Å². The van der Waals surface area contributed by atoms with Gasteiger partial charge in [0, 0.05) is 19.1 Å². The van der Waals surface area contributed by atoms with Gasteiger partial charge in [0.1, 0.15) is 5.82 Å².